The quantitative estimate of drug-likeness (QED) is 0.666. The molecular weight excluding hydrogens is 258 g/mol. The summed E-state index contributed by atoms with van der Waals surface area (Å²) in [6.07, 6.45) is 3.65. The molecule has 1 rings (SSSR count). The standard InChI is InChI=1S/C14H27N3O3/c1-11(2)8-12(10-15-14(19)20)9-13(18)16-17-6-4-3-5-7-17/h11-12,15H,3-10H2,1-2H3,(H,16,18)(H,19,20)/t12-/m0/s1. The van der Waals surface area contributed by atoms with Crippen LogP contribution in [0, 0.1) is 11.8 Å². The van der Waals surface area contributed by atoms with Crippen molar-refractivity contribution in [3.63, 3.8) is 0 Å². The third-order valence-corrected chi connectivity index (χ3v) is 3.46. The first-order chi connectivity index (χ1) is 9.47. The summed E-state index contributed by atoms with van der Waals surface area (Å²) < 4.78 is 0. The maximum Gasteiger partial charge on any atom is 0.404 e. The van der Waals surface area contributed by atoms with Crippen LogP contribution in [-0.2, 0) is 4.79 Å². The smallest absolute Gasteiger partial charge is 0.404 e. The van der Waals surface area contributed by atoms with Crippen molar-refractivity contribution in [1.82, 2.24) is 15.8 Å². The first-order valence-electron chi connectivity index (χ1n) is 7.48. The van der Waals surface area contributed by atoms with Gasteiger partial charge in [0.15, 0.2) is 0 Å². The van der Waals surface area contributed by atoms with E-state index in [0.29, 0.717) is 18.9 Å². The van der Waals surface area contributed by atoms with E-state index < -0.39 is 6.09 Å². The molecule has 0 bridgehead atoms. The second-order valence-electron chi connectivity index (χ2n) is 5.97. The van der Waals surface area contributed by atoms with Crippen LogP contribution in [0.4, 0.5) is 4.79 Å². The highest BCUT2D eigenvalue weighted by Crippen LogP contribution is 2.15. The van der Waals surface area contributed by atoms with Gasteiger partial charge in [-0.3, -0.25) is 10.2 Å². The predicted octanol–water partition coefficient (Wildman–Crippen LogP) is 1.82. The van der Waals surface area contributed by atoms with Crippen LogP contribution in [0.5, 0.6) is 0 Å². The SMILES string of the molecule is CC(C)C[C@H](CNC(=O)O)CC(=O)NN1CCCCC1. The number of nitrogens with one attached hydrogen (secondary N) is 2. The average Bonchev–Trinajstić information content (AvgIpc) is 2.36. The third kappa shape index (κ3) is 7.33. The summed E-state index contributed by atoms with van der Waals surface area (Å²) in [5, 5.41) is 13.0. The highest BCUT2D eigenvalue weighted by atomic mass is 16.4. The zero-order valence-corrected chi connectivity index (χ0v) is 12.5. The minimum atomic E-state index is -1.03. The number of carbonyl (C=O) groups excluding carboxylic acids is 1. The molecule has 1 heterocycles. The van der Waals surface area contributed by atoms with E-state index in [2.05, 4.69) is 24.6 Å². The number of amides is 2. The normalized spacial score (nSPS) is 17.8. The maximum absolute atomic E-state index is 12.0. The second-order valence-corrected chi connectivity index (χ2v) is 5.97. The van der Waals surface area contributed by atoms with Gasteiger partial charge in [0, 0.05) is 26.1 Å². The van der Waals surface area contributed by atoms with E-state index in [1.807, 2.05) is 5.01 Å². The van der Waals surface area contributed by atoms with Crippen LogP contribution in [0.1, 0.15) is 46.0 Å². The summed E-state index contributed by atoms with van der Waals surface area (Å²) in [5.74, 6) is 0.485. The Bertz CT molecular complexity index is 315. The molecule has 0 aliphatic carbocycles. The van der Waals surface area contributed by atoms with E-state index in [1.54, 1.807) is 0 Å². The van der Waals surface area contributed by atoms with Crippen molar-refractivity contribution in [3.8, 4) is 0 Å². The largest absolute Gasteiger partial charge is 0.465 e. The number of piperidine rings is 1. The van der Waals surface area contributed by atoms with Gasteiger partial charge < -0.3 is 10.4 Å². The molecule has 6 nitrogen and oxygen atoms in total. The molecule has 0 aromatic rings. The number of rotatable bonds is 7. The molecule has 3 N–H and O–H groups in total. The molecule has 0 saturated carbocycles. The predicted molar refractivity (Wildman–Crippen MR) is 77.2 cm³/mol. The number of hydrogen-bond acceptors (Lipinski definition) is 3. The summed E-state index contributed by atoms with van der Waals surface area (Å²) in [6, 6.07) is 0. The molecule has 2 amide bonds. The molecule has 1 saturated heterocycles. The zero-order valence-electron chi connectivity index (χ0n) is 12.5. The fraction of sp³-hybridized carbons (Fsp3) is 0.857. The van der Waals surface area contributed by atoms with Gasteiger partial charge in [-0.2, -0.15) is 0 Å². The van der Waals surface area contributed by atoms with Crippen LogP contribution in [0.3, 0.4) is 0 Å². The molecular formula is C14H27N3O3. The minimum Gasteiger partial charge on any atom is -0.465 e. The first-order valence-corrected chi connectivity index (χ1v) is 7.48. The summed E-state index contributed by atoms with van der Waals surface area (Å²) >= 11 is 0. The average molecular weight is 285 g/mol. The van der Waals surface area contributed by atoms with Crippen LogP contribution >= 0.6 is 0 Å². The Kier molecular flexibility index (Phi) is 7.36. The lowest BCUT2D eigenvalue weighted by Crippen LogP contribution is -2.46. The lowest BCUT2D eigenvalue weighted by Gasteiger charge is -2.28. The molecule has 116 valence electrons. The minimum absolute atomic E-state index is 0.00950. The van der Waals surface area contributed by atoms with Gasteiger partial charge in [0.25, 0.3) is 0 Å². The number of nitrogens with zero attached hydrogens (tertiary/aromatic N) is 1. The zero-order chi connectivity index (χ0) is 15.0. The molecule has 6 heteroatoms. The number of hydrogen-bond donors (Lipinski definition) is 3. The Morgan fingerprint density at radius 1 is 1.20 bits per heavy atom. The maximum atomic E-state index is 12.0. The summed E-state index contributed by atoms with van der Waals surface area (Å²) in [4.78, 5) is 22.6. The van der Waals surface area contributed by atoms with Crippen LogP contribution in [0.25, 0.3) is 0 Å². The summed E-state index contributed by atoms with van der Waals surface area (Å²) in [7, 11) is 0. The highest BCUT2D eigenvalue weighted by Gasteiger charge is 2.19. The van der Waals surface area contributed by atoms with E-state index in [9.17, 15) is 9.59 Å². The lowest BCUT2D eigenvalue weighted by molar-refractivity contribution is -0.127. The van der Waals surface area contributed by atoms with Crippen LogP contribution in [0.15, 0.2) is 0 Å². The number of carbonyl (C=O) groups is 2. The van der Waals surface area contributed by atoms with Crippen molar-refractivity contribution < 1.29 is 14.7 Å². The molecule has 0 unspecified atom stereocenters. The molecule has 0 spiro atoms. The molecule has 0 aromatic carbocycles. The van der Waals surface area contributed by atoms with Crippen LogP contribution in [-0.4, -0.2) is 41.8 Å². The van der Waals surface area contributed by atoms with E-state index in [1.165, 1.54) is 6.42 Å². The van der Waals surface area contributed by atoms with E-state index >= 15 is 0 Å². The van der Waals surface area contributed by atoms with Crippen molar-refractivity contribution in [3.05, 3.63) is 0 Å². The van der Waals surface area contributed by atoms with Gasteiger partial charge >= 0.3 is 6.09 Å². The highest BCUT2D eigenvalue weighted by molar-refractivity contribution is 5.75. The van der Waals surface area contributed by atoms with Gasteiger partial charge in [0.2, 0.25) is 5.91 Å². The van der Waals surface area contributed by atoms with Gasteiger partial charge in [-0.05, 0) is 31.1 Å². The number of carboxylic acid groups (broad SMARTS) is 1. The van der Waals surface area contributed by atoms with Crippen molar-refractivity contribution in [2.75, 3.05) is 19.6 Å². The first kappa shape index (κ1) is 16.8. The van der Waals surface area contributed by atoms with Crippen molar-refractivity contribution in [1.29, 1.82) is 0 Å². The van der Waals surface area contributed by atoms with Gasteiger partial charge in [-0.25, -0.2) is 9.80 Å². The van der Waals surface area contributed by atoms with Gasteiger partial charge in [-0.15, -0.1) is 0 Å². The molecule has 1 aliphatic rings. The lowest BCUT2D eigenvalue weighted by atomic mass is 9.94. The molecule has 0 aromatic heterocycles. The number of hydrazine groups is 1. The van der Waals surface area contributed by atoms with Crippen LogP contribution in [0.2, 0.25) is 0 Å². The Morgan fingerprint density at radius 2 is 1.85 bits per heavy atom. The van der Waals surface area contributed by atoms with Crippen molar-refractivity contribution in [2.24, 2.45) is 11.8 Å². The summed E-state index contributed by atoms with van der Waals surface area (Å²) in [6.45, 7) is 6.31. The van der Waals surface area contributed by atoms with Crippen molar-refractivity contribution >= 4 is 12.0 Å². The third-order valence-electron chi connectivity index (χ3n) is 3.46. The van der Waals surface area contributed by atoms with E-state index in [-0.39, 0.29) is 11.8 Å². The summed E-state index contributed by atoms with van der Waals surface area (Å²) in [5.41, 5.74) is 2.93. The molecule has 0 radical (unpaired) electrons. The second kappa shape index (κ2) is 8.79. The topological polar surface area (TPSA) is 81.7 Å². The molecule has 1 atom stereocenters. The Hall–Kier alpha value is -1.30. The molecule has 1 aliphatic heterocycles. The van der Waals surface area contributed by atoms with Crippen LogP contribution < -0.4 is 10.7 Å². The monoisotopic (exact) mass is 285 g/mol. The molecule has 1 fully saturated rings. The Morgan fingerprint density at radius 3 is 2.40 bits per heavy atom. The van der Waals surface area contributed by atoms with Gasteiger partial charge in [0.1, 0.15) is 0 Å². The van der Waals surface area contributed by atoms with E-state index in [0.717, 1.165) is 32.4 Å². The molecule has 20 heavy (non-hydrogen) atoms. The fourth-order valence-corrected chi connectivity index (χ4v) is 2.63. The Labute approximate surface area is 120 Å². The van der Waals surface area contributed by atoms with E-state index in [4.69, 9.17) is 5.11 Å². The van der Waals surface area contributed by atoms with Gasteiger partial charge in [0.05, 0.1) is 0 Å². The van der Waals surface area contributed by atoms with Crippen molar-refractivity contribution in [2.45, 2.75) is 46.0 Å². The fourth-order valence-electron chi connectivity index (χ4n) is 2.63. The van der Waals surface area contributed by atoms with Gasteiger partial charge in [-0.1, -0.05) is 20.3 Å². The Balaban J connectivity index is 2.37.